The highest BCUT2D eigenvalue weighted by atomic mass is 79.9. The Hall–Kier alpha value is -1.71. The summed E-state index contributed by atoms with van der Waals surface area (Å²) in [6, 6.07) is 13.8. The first-order chi connectivity index (χ1) is 10.2. The standard InChI is InChI=1S/C17H10BrClO2/c1-20-10-7-12(18)15-14(8-10)21-17-11-5-3-2-4-9(11)6-13(19)16(15)17/h2-8H,1H3. The summed E-state index contributed by atoms with van der Waals surface area (Å²) in [5, 5.41) is 4.71. The fraction of sp³-hybridized carbons (Fsp3) is 0.0588. The van der Waals surface area contributed by atoms with Gasteiger partial charge in [0.05, 0.1) is 12.1 Å². The average Bonchev–Trinajstić information content (AvgIpc) is 2.88. The molecule has 1 aromatic heterocycles. The molecule has 0 aliphatic carbocycles. The average molecular weight is 362 g/mol. The van der Waals surface area contributed by atoms with Crippen LogP contribution in [0.4, 0.5) is 0 Å². The zero-order chi connectivity index (χ0) is 14.6. The summed E-state index contributed by atoms with van der Waals surface area (Å²) in [7, 11) is 1.64. The molecule has 0 unspecified atom stereocenters. The molecule has 0 saturated heterocycles. The van der Waals surface area contributed by atoms with Crippen LogP contribution in [0.3, 0.4) is 0 Å². The van der Waals surface area contributed by atoms with Crippen LogP contribution in [-0.4, -0.2) is 7.11 Å². The number of furan rings is 1. The fourth-order valence-corrected chi connectivity index (χ4v) is 3.65. The van der Waals surface area contributed by atoms with Crippen LogP contribution in [0.25, 0.3) is 32.7 Å². The van der Waals surface area contributed by atoms with E-state index >= 15 is 0 Å². The number of methoxy groups -OCH3 is 1. The van der Waals surface area contributed by atoms with Crippen LogP contribution < -0.4 is 4.74 Å². The molecular formula is C17H10BrClO2. The molecule has 2 nitrogen and oxygen atoms in total. The Labute approximate surface area is 134 Å². The van der Waals surface area contributed by atoms with Crippen molar-refractivity contribution in [2.75, 3.05) is 7.11 Å². The summed E-state index contributed by atoms with van der Waals surface area (Å²) in [5.74, 6) is 0.744. The highest BCUT2D eigenvalue weighted by molar-refractivity contribution is 9.10. The molecule has 0 spiro atoms. The zero-order valence-corrected chi connectivity index (χ0v) is 13.5. The number of ether oxygens (including phenoxy) is 1. The second-order valence-corrected chi connectivity index (χ2v) is 6.13. The van der Waals surface area contributed by atoms with E-state index in [0.29, 0.717) is 5.02 Å². The van der Waals surface area contributed by atoms with Crippen molar-refractivity contribution in [3.8, 4) is 5.75 Å². The molecule has 0 radical (unpaired) electrons. The van der Waals surface area contributed by atoms with Crippen LogP contribution in [0, 0.1) is 0 Å². The maximum Gasteiger partial charge on any atom is 0.144 e. The van der Waals surface area contributed by atoms with Gasteiger partial charge in [0.25, 0.3) is 0 Å². The monoisotopic (exact) mass is 360 g/mol. The van der Waals surface area contributed by atoms with Crippen LogP contribution in [-0.2, 0) is 0 Å². The highest BCUT2D eigenvalue weighted by Crippen LogP contribution is 2.43. The highest BCUT2D eigenvalue weighted by Gasteiger charge is 2.17. The largest absolute Gasteiger partial charge is 0.497 e. The lowest BCUT2D eigenvalue weighted by atomic mass is 10.1. The number of hydrogen-bond donors (Lipinski definition) is 0. The van der Waals surface area contributed by atoms with Gasteiger partial charge in [-0.1, -0.05) is 35.9 Å². The Balaban J connectivity index is 2.28. The van der Waals surface area contributed by atoms with E-state index < -0.39 is 0 Å². The van der Waals surface area contributed by atoms with Gasteiger partial charge in [0.2, 0.25) is 0 Å². The van der Waals surface area contributed by atoms with E-state index in [4.69, 9.17) is 20.8 Å². The predicted molar refractivity (Wildman–Crippen MR) is 90.5 cm³/mol. The van der Waals surface area contributed by atoms with Gasteiger partial charge in [-0.3, -0.25) is 0 Å². The molecule has 0 saturated carbocycles. The van der Waals surface area contributed by atoms with Gasteiger partial charge in [-0.25, -0.2) is 0 Å². The third-order valence-electron chi connectivity index (χ3n) is 3.68. The van der Waals surface area contributed by atoms with Crippen molar-refractivity contribution >= 4 is 60.2 Å². The van der Waals surface area contributed by atoms with Crippen LogP contribution in [0.5, 0.6) is 5.75 Å². The number of rotatable bonds is 1. The van der Waals surface area contributed by atoms with Crippen LogP contribution in [0.2, 0.25) is 5.02 Å². The molecule has 0 bridgehead atoms. The SMILES string of the molecule is COc1cc(Br)c2c(c1)oc1c3ccccc3cc(Cl)c12. The van der Waals surface area contributed by atoms with Gasteiger partial charge in [0, 0.05) is 26.7 Å². The Morgan fingerprint density at radius 2 is 1.90 bits per heavy atom. The summed E-state index contributed by atoms with van der Waals surface area (Å²) in [6.07, 6.45) is 0. The molecule has 104 valence electrons. The minimum absolute atomic E-state index is 0.688. The third kappa shape index (κ3) is 1.84. The molecule has 3 aromatic carbocycles. The molecule has 0 amide bonds. The van der Waals surface area contributed by atoms with Gasteiger partial charge in [-0.05, 0) is 33.4 Å². The summed E-state index contributed by atoms with van der Waals surface area (Å²) >= 11 is 10.1. The quantitative estimate of drug-likeness (QED) is 0.405. The van der Waals surface area contributed by atoms with Gasteiger partial charge in [-0.2, -0.15) is 0 Å². The zero-order valence-electron chi connectivity index (χ0n) is 11.1. The lowest BCUT2D eigenvalue weighted by Gasteiger charge is -2.02. The van der Waals surface area contributed by atoms with E-state index in [-0.39, 0.29) is 0 Å². The summed E-state index contributed by atoms with van der Waals surface area (Å²) in [5.41, 5.74) is 1.57. The van der Waals surface area contributed by atoms with E-state index in [2.05, 4.69) is 15.9 Å². The number of fused-ring (bicyclic) bond motifs is 5. The van der Waals surface area contributed by atoms with Crippen molar-refractivity contribution in [1.82, 2.24) is 0 Å². The van der Waals surface area contributed by atoms with E-state index in [9.17, 15) is 0 Å². The number of hydrogen-bond acceptors (Lipinski definition) is 2. The number of halogens is 2. The topological polar surface area (TPSA) is 22.4 Å². The maximum atomic E-state index is 6.49. The van der Waals surface area contributed by atoms with Crippen molar-refractivity contribution in [3.05, 3.63) is 52.0 Å². The van der Waals surface area contributed by atoms with Gasteiger partial charge in [0.1, 0.15) is 16.9 Å². The van der Waals surface area contributed by atoms with Gasteiger partial charge < -0.3 is 9.15 Å². The molecule has 0 N–H and O–H groups in total. The van der Waals surface area contributed by atoms with Gasteiger partial charge >= 0.3 is 0 Å². The van der Waals surface area contributed by atoms with Crippen LogP contribution in [0.15, 0.2) is 51.4 Å². The molecule has 21 heavy (non-hydrogen) atoms. The molecular weight excluding hydrogens is 352 g/mol. The van der Waals surface area contributed by atoms with E-state index in [1.165, 1.54) is 0 Å². The first-order valence-corrected chi connectivity index (χ1v) is 7.63. The van der Waals surface area contributed by atoms with Crippen molar-refractivity contribution in [1.29, 1.82) is 0 Å². The molecule has 0 fully saturated rings. The Kier molecular flexibility index (Phi) is 2.88. The predicted octanol–water partition coefficient (Wildman–Crippen LogP) is 6.16. The Morgan fingerprint density at radius 1 is 1.10 bits per heavy atom. The van der Waals surface area contributed by atoms with Crippen molar-refractivity contribution < 1.29 is 9.15 Å². The van der Waals surface area contributed by atoms with E-state index in [1.807, 2.05) is 42.5 Å². The van der Waals surface area contributed by atoms with Gasteiger partial charge in [-0.15, -0.1) is 0 Å². The van der Waals surface area contributed by atoms with Crippen molar-refractivity contribution in [2.45, 2.75) is 0 Å². The number of benzene rings is 3. The molecule has 4 aromatic rings. The molecule has 1 heterocycles. The van der Waals surface area contributed by atoms with E-state index in [1.54, 1.807) is 7.11 Å². The Bertz CT molecular complexity index is 1000. The van der Waals surface area contributed by atoms with Crippen molar-refractivity contribution in [3.63, 3.8) is 0 Å². The summed E-state index contributed by atoms with van der Waals surface area (Å²) in [6.45, 7) is 0. The van der Waals surface area contributed by atoms with E-state index in [0.717, 1.165) is 42.9 Å². The van der Waals surface area contributed by atoms with Crippen LogP contribution in [0.1, 0.15) is 0 Å². The van der Waals surface area contributed by atoms with Gasteiger partial charge in [0.15, 0.2) is 0 Å². The lowest BCUT2D eigenvalue weighted by Crippen LogP contribution is -1.82. The first kappa shape index (κ1) is 13.0. The molecule has 0 aliphatic heterocycles. The maximum absolute atomic E-state index is 6.49. The first-order valence-electron chi connectivity index (χ1n) is 6.46. The summed E-state index contributed by atoms with van der Waals surface area (Å²) in [4.78, 5) is 0. The van der Waals surface area contributed by atoms with Crippen molar-refractivity contribution in [2.24, 2.45) is 0 Å². The third-order valence-corrected chi connectivity index (χ3v) is 4.60. The minimum Gasteiger partial charge on any atom is -0.497 e. The Morgan fingerprint density at radius 3 is 2.71 bits per heavy atom. The second kappa shape index (κ2) is 4.65. The second-order valence-electron chi connectivity index (χ2n) is 4.87. The van der Waals surface area contributed by atoms with Crippen LogP contribution >= 0.6 is 27.5 Å². The normalized spacial score (nSPS) is 11.6. The fourth-order valence-electron chi connectivity index (χ4n) is 2.73. The molecule has 4 heteroatoms. The lowest BCUT2D eigenvalue weighted by molar-refractivity contribution is 0.414. The molecule has 0 atom stereocenters. The molecule has 0 aliphatic rings. The minimum atomic E-state index is 0.688. The summed E-state index contributed by atoms with van der Waals surface area (Å²) < 4.78 is 12.3. The molecule has 4 rings (SSSR count). The smallest absolute Gasteiger partial charge is 0.144 e.